The van der Waals surface area contributed by atoms with Gasteiger partial charge >= 0.3 is 0 Å². The molecule has 0 bridgehead atoms. The number of anilines is 1. The molecule has 108 valence electrons. The fraction of sp³-hybridized carbons (Fsp3) is 0.600. The normalized spacial score (nSPS) is 18.8. The van der Waals surface area contributed by atoms with E-state index in [1.54, 1.807) is 0 Å². The van der Waals surface area contributed by atoms with Gasteiger partial charge < -0.3 is 15.8 Å². The first-order valence-electron chi connectivity index (χ1n) is 7.38. The number of hydrogen-bond acceptors (Lipinski definition) is 4. The molecule has 1 aromatic rings. The number of nitrogens with one attached hydrogen (secondary N) is 1. The van der Waals surface area contributed by atoms with Crippen molar-refractivity contribution in [1.82, 2.24) is 4.98 Å². The molecule has 3 rings (SSSR count). The van der Waals surface area contributed by atoms with Gasteiger partial charge in [-0.1, -0.05) is 12.2 Å². The average Bonchev–Trinajstić information content (AvgIpc) is 2.92. The minimum atomic E-state index is 0.432. The predicted molar refractivity (Wildman–Crippen MR) is 84.2 cm³/mol. The number of rotatable bonds is 4. The fourth-order valence-corrected chi connectivity index (χ4v) is 3.14. The number of hydrogen-bond donors (Lipinski definition) is 2. The molecule has 1 aliphatic heterocycles. The molecule has 1 saturated heterocycles. The minimum Gasteiger partial charge on any atom is -0.389 e. The maximum Gasteiger partial charge on any atom is 0.136 e. The summed E-state index contributed by atoms with van der Waals surface area (Å²) >= 11 is 5.17. The van der Waals surface area contributed by atoms with Gasteiger partial charge in [0.05, 0.1) is 5.56 Å². The number of pyridine rings is 1. The van der Waals surface area contributed by atoms with Crippen LogP contribution in [0.15, 0.2) is 6.07 Å². The van der Waals surface area contributed by atoms with Crippen LogP contribution in [0.3, 0.4) is 0 Å². The summed E-state index contributed by atoms with van der Waals surface area (Å²) in [4.78, 5) is 5.18. The van der Waals surface area contributed by atoms with E-state index in [0.29, 0.717) is 10.9 Å². The summed E-state index contributed by atoms with van der Waals surface area (Å²) < 4.78 is 5.39. The van der Waals surface area contributed by atoms with Crippen molar-refractivity contribution in [2.75, 3.05) is 25.1 Å². The van der Waals surface area contributed by atoms with Gasteiger partial charge in [-0.05, 0) is 49.7 Å². The van der Waals surface area contributed by atoms with Crippen molar-refractivity contribution in [3.8, 4) is 0 Å². The SMILES string of the molecule is NC(=S)c1cc2c(nc1NCC1CCOCC1)CCC2. The number of aryl methyl sites for hydroxylation is 2. The number of nitrogens with two attached hydrogens (primary N) is 1. The molecule has 0 unspecified atom stereocenters. The Kier molecular flexibility index (Phi) is 4.17. The van der Waals surface area contributed by atoms with Crippen molar-refractivity contribution in [3.63, 3.8) is 0 Å². The lowest BCUT2D eigenvalue weighted by Crippen LogP contribution is -2.24. The Morgan fingerprint density at radius 1 is 1.40 bits per heavy atom. The highest BCUT2D eigenvalue weighted by Crippen LogP contribution is 2.26. The molecule has 20 heavy (non-hydrogen) atoms. The topological polar surface area (TPSA) is 60.2 Å². The quantitative estimate of drug-likeness (QED) is 0.831. The van der Waals surface area contributed by atoms with Gasteiger partial charge in [-0.2, -0.15) is 0 Å². The number of nitrogens with zero attached hydrogens (tertiary/aromatic N) is 1. The number of thiocarbonyl (C=S) groups is 1. The fourth-order valence-electron chi connectivity index (χ4n) is 2.99. The van der Waals surface area contributed by atoms with Crippen molar-refractivity contribution in [1.29, 1.82) is 0 Å². The molecule has 2 heterocycles. The molecule has 4 nitrogen and oxygen atoms in total. The average molecular weight is 291 g/mol. The highest BCUT2D eigenvalue weighted by molar-refractivity contribution is 7.80. The van der Waals surface area contributed by atoms with Gasteiger partial charge in [-0.15, -0.1) is 0 Å². The van der Waals surface area contributed by atoms with Crippen molar-refractivity contribution < 1.29 is 4.74 Å². The van der Waals surface area contributed by atoms with Gasteiger partial charge in [-0.3, -0.25) is 0 Å². The minimum absolute atomic E-state index is 0.432. The highest BCUT2D eigenvalue weighted by atomic mass is 32.1. The molecule has 1 aromatic heterocycles. The van der Waals surface area contributed by atoms with Crippen molar-refractivity contribution in [2.45, 2.75) is 32.1 Å². The maximum absolute atomic E-state index is 5.85. The van der Waals surface area contributed by atoms with E-state index >= 15 is 0 Å². The summed E-state index contributed by atoms with van der Waals surface area (Å²) in [7, 11) is 0. The predicted octanol–water partition coefficient (Wildman–Crippen LogP) is 2.04. The molecule has 1 aliphatic carbocycles. The molecule has 0 spiro atoms. The third-order valence-corrected chi connectivity index (χ3v) is 4.44. The lowest BCUT2D eigenvalue weighted by molar-refractivity contribution is 0.0699. The second kappa shape index (κ2) is 6.06. The summed E-state index contributed by atoms with van der Waals surface area (Å²) in [6.07, 6.45) is 5.57. The van der Waals surface area contributed by atoms with Gasteiger partial charge in [-0.25, -0.2) is 4.98 Å². The maximum atomic E-state index is 5.85. The molecule has 1 fully saturated rings. The third-order valence-electron chi connectivity index (χ3n) is 4.22. The van der Waals surface area contributed by atoms with Gasteiger partial charge in [0.25, 0.3) is 0 Å². The number of aromatic nitrogens is 1. The first-order chi connectivity index (χ1) is 9.74. The molecule has 0 aromatic carbocycles. The van der Waals surface area contributed by atoms with Crippen LogP contribution in [-0.2, 0) is 17.6 Å². The summed E-state index contributed by atoms with van der Waals surface area (Å²) in [5, 5.41) is 3.46. The third kappa shape index (κ3) is 2.94. The van der Waals surface area contributed by atoms with E-state index < -0.39 is 0 Å². The van der Waals surface area contributed by atoms with Crippen LogP contribution in [0.2, 0.25) is 0 Å². The summed E-state index contributed by atoms with van der Waals surface area (Å²) in [5.41, 5.74) is 9.26. The van der Waals surface area contributed by atoms with Crippen LogP contribution in [0.1, 0.15) is 36.1 Å². The molecule has 0 atom stereocenters. The van der Waals surface area contributed by atoms with E-state index in [1.807, 2.05) is 0 Å². The van der Waals surface area contributed by atoms with E-state index in [2.05, 4.69) is 11.4 Å². The van der Waals surface area contributed by atoms with Crippen LogP contribution < -0.4 is 11.1 Å². The Labute approximate surface area is 125 Å². The summed E-state index contributed by atoms with van der Waals surface area (Å²) in [5.74, 6) is 1.52. The van der Waals surface area contributed by atoms with Crippen LogP contribution in [0.25, 0.3) is 0 Å². The van der Waals surface area contributed by atoms with Crippen LogP contribution in [0.5, 0.6) is 0 Å². The summed E-state index contributed by atoms with van der Waals surface area (Å²) in [6, 6.07) is 2.13. The molecule has 2 aliphatic rings. The number of ether oxygens (including phenoxy) is 1. The first kappa shape index (κ1) is 13.8. The van der Waals surface area contributed by atoms with E-state index in [9.17, 15) is 0 Å². The Morgan fingerprint density at radius 3 is 2.95 bits per heavy atom. The van der Waals surface area contributed by atoms with E-state index in [4.69, 9.17) is 27.7 Å². The Balaban J connectivity index is 1.75. The Morgan fingerprint density at radius 2 is 2.20 bits per heavy atom. The van der Waals surface area contributed by atoms with Crippen LogP contribution in [0.4, 0.5) is 5.82 Å². The van der Waals surface area contributed by atoms with Gasteiger partial charge in [0, 0.05) is 25.5 Å². The Bertz CT molecular complexity index is 512. The lowest BCUT2D eigenvalue weighted by Gasteiger charge is -2.23. The second-order valence-corrected chi connectivity index (χ2v) is 6.08. The Hall–Kier alpha value is -1.20. The largest absolute Gasteiger partial charge is 0.389 e. The lowest BCUT2D eigenvalue weighted by atomic mass is 10.0. The monoisotopic (exact) mass is 291 g/mol. The molecular formula is C15H21N3OS. The molecule has 5 heteroatoms. The van der Waals surface area contributed by atoms with E-state index in [-0.39, 0.29) is 0 Å². The molecule has 0 radical (unpaired) electrons. The zero-order valence-corrected chi connectivity index (χ0v) is 12.5. The van der Waals surface area contributed by atoms with Crippen LogP contribution in [-0.4, -0.2) is 29.7 Å². The summed E-state index contributed by atoms with van der Waals surface area (Å²) in [6.45, 7) is 2.66. The van der Waals surface area contributed by atoms with Crippen molar-refractivity contribution in [3.05, 3.63) is 22.9 Å². The van der Waals surface area contributed by atoms with Gasteiger partial charge in [0.1, 0.15) is 10.8 Å². The van der Waals surface area contributed by atoms with Gasteiger partial charge in [0.2, 0.25) is 0 Å². The smallest absolute Gasteiger partial charge is 0.136 e. The van der Waals surface area contributed by atoms with E-state index in [0.717, 1.165) is 56.8 Å². The van der Waals surface area contributed by atoms with Crippen LogP contribution >= 0.6 is 12.2 Å². The van der Waals surface area contributed by atoms with Gasteiger partial charge in [0.15, 0.2) is 0 Å². The van der Waals surface area contributed by atoms with Crippen LogP contribution in [0, 0.1) is 5.92 Å². The standard InChI is InChI=1S/C15H21N3OS/c16-14(20)12-8-11-2-1-3-13(11)18-15(12)17-9-10-4-6-19-7-5-10/h8,10H,1-7,9H2,(H2,16,20)(H,17,18). The molecule has 0 saturated carbocycles. The van der Waals surface area contributed by atoms with Crippen molar-refractivity contribution in [2.24, 2.45) is 11.7 Å². The zero-order chi connectivity index (χ0) is 13.9. The highest BCUT2D eigenvalue weighted by Gasteiger charge is 2.19. The zero-order valence-electron chi connectivity index (χ0n) is 11.7. The van der Waals surface area contributed by atoms with Crippen molar-refractivity contribution >= 4 is 23.0 Å². The second-order valence-electron chi connectivity index (χ2n) is 5.64. The molecular weight excluding hydrogens is 270 g/mol. The first-order valence-corrected chi connectivity index (χ1v) is 7.79. The molecule has 0 amide bonds. The van der Waals surface area contributed by atoms with E-state index in [1.165, 1.54) is 17.7 Å². The number of fused-ring (bicyclic) bond motifs is 1. The molecule has 3 N–H and O–H groups in total.